The highest BCUT2D eigenvalue weighted by atomic mass is 16.2. The van der Waals surface area contributed by atoms with Gasteiger partial charge in [-0.1, -0.05) is 23.8 Å². The summed E-state index contributed by atoms with van der Waals surface area (Å²) in [5.41, 5.74) is 10.5. The van der Waals surface area contributed by atoms with Crippen molar-refractivity contribution in [1.29, 1.82) is 0 Å². The van der Waals surface area contributed by atoms with Crippen LogP contribution in [0.3, 0.4) is 0 Å². The number of primary amides is 1. The van der Waals surface area contributed by atoms with Gasteiger partial charge in [-0.05, 0) is 56.0 Å². The molecule has 1 aliphatic rings. The Morgan fingerprint density at radius 3 is 2.57 bits per heavy atom. The molecule has 23 heavy (non-hydrogen) atoms. The molecule has 0 spiro atoms. The molecule has 4 nitrogen and oxygen atoms in total. The number of benzene rings is 2. The maximum absolute atomic E-state index is 13.0. The summed E-state index contributed by atoms with van der Waals surface area (Å²) in [4.78, 5) is 26.4. The van der Waals surface area contributed by atoms with Crippen molar-refractivity contribution in [2.75, 3.05) is 11.4 Å². The van der Waals surface area contributed by atoms with E-state index in [9.17, 15) is 9.59 Å². The van der Waals surface area contributed by atoms with Gasteiger partial charge in [-0.2, -0.15) is 0 Å². The Balaban J connectivity index is 2.05. The van der Waals surface area contributed by atoms with Gasteiger partial charge in [0.1, 0.15) is 0 Å². The lowest BCUT2D eigenvalue weighted by molar-refractivity contribution is 0.0977. The molecule has 4 heteroatoms. The van der Waals surface area contributed by atoms with Crippen molar-refractivity contribution in [3.8, 4) is 0 Å². The standard InChI is InChI=1S/C19H20N2O2/c1-12-8-9-14(13(2)11-12)19(23)21-10-4-6-15-16(18(20)22)5-3-7-17(15)21/h3,5,7-9,11H,4,6,10H2,1-2H3,(H2,20,22). The number of amides is 2. The molecule has 0 bridgehead atoms. The van der Waals surface area contributed by atoms with Crippen molar-refractivity contribution in [3.05, 3.63) is 64.2 Å². The van der Waals surface area contributed by atoms with Gasteiger partial charge in [0.2, 0.25) is 5.91 Å². The highest BCUT2D eigenvalue weighted by molar-refractivity contribution is 6.08. The normalized spacial score (nSPS) is 13.6. The number of carbonyl (C=O) groups is 2. The van der Waals surface area contributed by atoms with Crippen LogP contribution in [0, 0.1) is 13.8 Å². The van der Waals surface area contributed by atoms with E-state index in [1.54, 1.807) is 17.0 Å². The van der Waals surface area contributed by atoms with Crippen LogP contribution in [0.2, 0.25) is 0 Å². The lowest BCUT2D eigenvalue weighted by Crippen LogP contribution is -2.36. The minimum Gasteiger partial charge on any atom is -0.366 e. The van der Waals surface area contributed by atoms with E-state index in [2.05, 4.69) is 0 Å². The van der Waals surface area contributed by atoms with E-state index in [-0.39, 0.29) is 5.91 Å². The number of rotatable bonds is 2. The van der Waals surface area contributed by atoms with Crippen LogP contribution in [0.5, 0.6) is 0 Å². The van der Waals surface area contributed by atoms with E-state index in [4.69, 9.17) is 5.73 Å². The van der Waals surface area contributed by atoms with E-state index in [1.807, 2.05) is 38.1 Å². The molecular weight excluding hydrogens is 288 g/mol. The maximum Gasteiger partial charge on any atom is 0.258 e. The van der Waals surface area contributed by atoms with Gasteiger partial charge in [-0.3, -0.25) is 9.59 Å². The number of hydrogen-bond donors (Lipinski definition) is 1. The van der Waals surface area contributed by atoms with Gasteiger partial charge in [-0.25, -0.2) is 0 Å². The summed E-state index contributed by atoms with van der Waals surface area (Å²) in [6.07, 6.45) is 1.60. The molecule has 1 aliphatic heterocycles. The molecule has 0 fully saturated rings. The minimum absolute atomic E-state index is 0.0231. The van der Waals surface area contributed by atoms with Crippen LogP contribution < -0.4 is 10.6 Å². The Morgan fingerprint density at radius 1 is 1.09 bits per heavy atom. The van der Waals surface area contributed by atoms with Crippen molar-refractivity contribution in [1.82, 2.24) is 0 Å². The summed E-state index contributed by atoms with van der Waals surface area (Å²) in [7, 11) is 0. The topological polar surface area (TPSA) is 63.4 Å². The number of hydrogen-bond acceptors (Lipinski definition) is 2. The second-order valence-corrected chi connectivity index (χ2v) is 6.05. The number of nitrogens with zero attached hydrogens (tertiary/aromatic N) is 1. The number of fused-ring (bicyclic) bond motifs is 1. The molecule has 1 heterocycles. The fourth-order valence-corrected chi connectivity index (χ4v) is 3.27. The summed E-state index contributed by atoms with van der Waals surface area (Å²) in [6, 6.07) is 11.2. The molecule has 2 aromatic rings. The Bertz CT molecular complexity index is 796. The summed E-state index contributed by atoms with van der Waals surface area (Å²) < 4.78 is 0. The molecular formula is C19H20N2O2. The molecule has 0 radical (unpaired) electrons. The highest BCUT2D eigenvalue weighted by Gasteiger charge is 2.26. The number of aryl methyl sites for hydroxylation is 2. The molecule has 0 aromatic heterocycles. The summed E-state index contributed by atoms with van der Waals surface area (Å²) in [5.74, 6) is -0.465. The molecule has 0 saturated carbocycles. The maximum atomic E-state index is 13.0. The molecule has 2 aromatic carbocycles. The van der Waals surface area contributed by atoms with Crippen molar-refractivity contribution in [2.45, 2.75) is 26.7 Å². The van der Waals surface area contributed by atoms with Gasteiger partial charge in [-0.15, -0.1) is 0 Å². The number of carbonyl (C=O) groups excluding carboxylic acids is 2. The SMILES string of the molecule is Cc1ccc(C(=O)N2CCCc3c(C(N)=O)cccc32)c(C)c1. The highest BCUT2D eigenvalue weighted by Crippen LogP contribution is 2.31. The Kier molecular flexibility index (Phi) is 3.90. The first-order valence-electron chi connectivity index (χ1n) is 7.80. The van der Waals surface area contributed by atoms with Gasteiger partial charge in [0.25, 0.3) is 5.91 Å². The Morgan fingerprint density at radius 2 is 1.87 bits per heavy atom. The zero-order valence-electron chi connectivity index (χ0n) is 13.4. The first-order valence-corrected chi connectivity index (χ1v) is 7.80. The molecule has 0 atom stereocenters. The number of anilines is 1. The predicted octanol–water partition coefficient (Wildman–Crippen LogP) is 3.00. The van der Waals surface area contributed by atoms with E-state index >= 15 is 0 Å². The third-order valence-corrected chi connectivity index (χ3v) is 4.37. The fraction of sp³-hybridized carbons (Fsp3) is 0.263. The largest absolute Gasteiger partial charge is 0.366 e. The van der Waals surface area contributed by atoms with Crippen molar-refractivity contribution in [3.63, 3.8) is 0 Å². The molecule has 2 N–H and O–H groups in total. The zero-order valence-corrected chi connectivity index (χ0v) is 13.4. The van der Waals surface area contributed by atoms with Crippen molar-refractivity contribution >= 4 is 17.5 Å². The first kappa shape index (κ1) is 15.3. The van der Waals surface area contributed by atoms with Crippen LogP contribution in [0.1, 0.15) is 43.8 Å². The van der Waals surface area contributed by atoms with E-state index < -0.39 is 5.91 Å². The van der Waals surface area contributed by atoms with Crippen LogP contribution in [0.15, 0.2) is 36.4 Å². The smallest absolute Gasteiger partial charge is 0.258 e. The summed E-state index contributed by atoms with van der Waals surface area (Å²) in [6.45, 7) is 4.61. The van der Waals surface area contributed by atoms with Crippen LogP contribution in [0.4, 0.5) is 5.69 Å². The molecule has 2 amide bonds. The second-order valence-electron chi connectivity index (χ2n) is 6.05. The van der Waals surface area contributed by atoms with Crippen LogP contribution in [-0.2, 0) is 6.42 Å². The van der Waals surface area contributed by atoms with E-state index in [0.717, 1.165) is 35.2 Å². The van der Waals surface area contributed by atoms with Gasteiger partial charge >= 0.3 is 0 Å². The van der Waals surface area contributed by atoms with Gasteiger partial charge in [0.05, 0.1) is 0 Å². The zero-order chi connectivity index (χ0) is 16.6. The van der Waals surface area contributed by atoms with E-state index in [1.165, 1.54) is 0 Å². The first-order chi connectivity index (χ1) is 11.0. The molecule has 0 unspecified atom stereocenters. The summed E-state index contributed by atoms with van der Waals surface area (Å²) >= 11 is 0. The average Bonchev–Trinajstić information content (AvgIpc) is 2.53. The molecule has 0 saturated heterocycles. The third-order valence-electron chi connectivity index (χ3n) is 4.37. The molecule has 3 rings (SSSR count). The quantitative estimate of drug-likeness (QED) is 0.927. The van der Waals surface area contributed by atoms with Crippen LogP contribution in [-0.4, -0.2) is 18.4 Å². The lowest BCUT2D eigenvalue weighted by atomic mass is 9.94. The van der Waals surface area contributed by atoms with Crippen molar-refractivity contribution in [2.24, 2.45) is 5.73 Å². The predicted molar refractivity (Wildman–Crippen MR) is 90.9 cm³/mol. The molecule has 0 aliphatic carbocycles. The molecule has 118 valence electrons. The Labute approximate surface area is 135 Å². The minimum atomic E-state index is -0.442. The van der Waals surface area contributed by atoms with Gasteiger partial charge in [0, 0.05) is 23.4 Å². The monoisotopic (exact) mass is 308 g/mol. The van der Waals surface area contributed by atoms with Crippen molar-refractivity contribution < 1.29 is 9.59 Å². The second kappa shape index (κ2) is 5.88. The van der Waals surface area contributed by atoms with Crippen LogP contribution in [0.25, 0.3) is 0 Å². The van der Waals surface area contributed by atoms with Gasteiger partial charge in [0.15, 0.2) is 0 Å². The fourth-order valence-electron chi connectivity index (χ4n) is 3.27. The lowest BCUT2D eigenvalue weighted by Gasteiger charge is -2.31. The van der Waals surface area contributed by atoms with Crippen LogP contribution >= 0.6 is 0 Å². The number of nitrogens with two attached hydrogens (primary N) is 1. The summed E-state index contributed by atoms with van der Waals surface area (Å²) in [5, 5.41) is 0. The van der Waals surface area contributed by atoms with E-state index in [0.29, 0.717) is 17.7 Å². The van der Waals surface area contributed by atoms with Gasteiger partial charge < -0.3 is 10.6 Å². The Hall–Kier alpha value is -2.62. The average molecular weight is 308 g/mol. The third kappa shape index (κ3) is 2.72.